The molecule has 0 saturated carbocycles. The third-order valence-corrected chi connectivity index (χ3v) is 4.17. The van der Waals surface area contributed by atoms with Gasteiger partial charge in [0.1, 0.15) is 0 Å². The highest BCUT2D eigenvalue weighted by atomic mass is 32.1. The zero-order valence-corrected chi connectivity index (χ0v) is 13.3. The van der Waals surface area contributed by atoms with Crippen LogP contribution in [0.2, 0.25) is 0 Å². The third kappa shape index (κ3) is 2.84. The number of aromatic nitrogens is 3. The molecule has 0 aliphatic carbocycles. The van der Waals surface area contributed by atoms with Crippen molar-refractivity contribution in [2.45, 2.75) is 0 Å². The Morgan fingerprint density at radius 3 is 2.38 bits per heavy atom. The van der Waals surface area contributed by atoms with Gasteiger partial charge in [0, 0.05) is 11.3 Å². The summed E-state index contributed by atoms with van der Waals surface area (Å²) in [5, 5.41) is 12.8. The SMILES string of the molecule is Nc1oc(-c2ccccc2)nc1-c1nnc(Nc2ccccc2)s1. The van der Waals surface area contributed by atoms with Crippen LogP contribution in [0.25, 0.3) is 22.2 Å². The van der Waals surface area contributed by atoms with Gasteiger partial charge in [0.25, 0.3) is 0 Å². The molecule has 0 amide bonds. The van der Waals surface area contributed by atoms with Gasteiger partial charge in [-0.2, -0.15) is 0 Å². The number of nitrogens with one attached hydrogen (secondary N) is 1. The van der Waals surface area contributed by atoms with Crippen LogP contribution in [0.1, 0.15) is 0 Å². The van der Waals surface area contributed by atoms with Crippen LogP contribution >= 0.6 is 11.3 Å². The summed E-state index contributed by atoms with van der Waals surface area (Å²) < 4.78 is 5.57. The van der Waals surface area contributed by atoms with E-state index in [1.807, 2.05) is 60.7 Å². The van der Waals surface area contributed by atoms with Crippen LogP contribution in [0.3, 0.4) is 0 Å². The number of nitrogen functional groups attached to an aromatic ring is 1. The second-order valence-electron chi connectivity index (χ2n) is 5.00. The Bertz CT molecular complexity index is 950. The molecule has 2 aromatic heterocycles. The first-order valence-electron chi connectivity index (χ1n) is 7.27. The quantitative estimate of drug-likeness (QED) is 0.581. The number of nitrogens with two attached hydrogens (primary N) is 1. The van der Waals surface area contributed by atoms with Crippen LogP contribution in [0.5, 0.6) is 0 Å². The largest absolute Gasteiger partial charge is 0.420 e. The Hall–Kier alpha value is -3.19. The Morgan fingerprint density at radius 2 is 1.62 bits per heavy atom. The smallest absolute Gasteiger partial charge is 0.229 e. The van der Waals surface area contributed by atoms with Crippen LogP contribution < -0.4 is 11.1 Å². The van der Waals surface area contributed by atoms with Crippen molar-refractivity contribution in [3.8, 4) is 22.2 Å². The highest BCUT2D eigenvalue weighted by molar-refractivity contribution is 7.18. The predicted octanol–water partition coefficient (Wildman–Crippen LogP) is 4.19. The average Bonchev–Trinajstić information content (AvgIpc) is 3.23. The summed E-state index contributed by atoms with van der Waals surface area (Å²) >= 11 is 1.37. The Balaban J connectivity index is 1.62. The number of benzene rings is 2. The summed E-state index contributed by atoms with van der Waals surface area (Å²) in [6.07, 6.45) is 0. The van der Waals surface area contributed by atoms with Crippen LogP contribution in [0, 0.1) is 0 Å². The number of nitrogens with zero attached hydrogens (tertiary/aromatic N) is 3. The molecule has 0 atom stereocenters. The van der Waals surface area contributed by atoms with Gasteiger partial charge in [-0.15, -0.1) is 10.2 Å². The topological polar surface area (TPSA) is 89.9 Å². The van der Waals surface area contributed by atoms with Gasteiger partial charge in [-0.05, 0) is 24.3 Å². The fourth-order valence-corrected chi connectivity index (χ4v) is 2.96. The highest BCUT2D eigenvalue weighted by Crippen LogP contribution is 2.34. The maximum atomic E-state index is 5.96. The minimum atomic E-state index is 0.233. The Morgan fingerprint density at radius 1 is 0.917 bits per heavy atom. The van der Waals surface area contributed by atoms with Crippen molar-refractivity contribution < 1.29 is 4.42 Å². The second kappa shape index (κ2) is 6.13. The van der Waals surface area contributed by atoms with Gasteiger partial charge in [0.2, 0.25) is 16.9 Å². The summed E-state index contributed by atoms with van der Waals surface area (Å²) in [7, 11) is 0. The van der Waals surface area contributed by atoms with E-state index in [0.717, 1.165) is 11.3 Å². The van der Waals surface area contributed by atoms with Gasteiger partial charge in [-0.25, -0.2) is 4.98 Å². The fraction of sp³-hybridized carbons (Fsp3) is 0. The van der Waals surface area contributed by atoms with Crippen molar-refractivity contribution in [1.29, 1.82) is 0 Å². The van der Waals surface area contributed by atoms with E-state index >= 15 is 0 Å². The molecular formula is C17H13N5OS. The normalized spacial score (nSPS) is 10.7. The molecule has 2 heterocycles. The van der Waals surface area contributed by atoms with Gasteiger partial charge in [-0.1, -0.05) is 47.7 Å². The van der Waals surface area contributed by atoms with E-state index in [2.05, 4.69) is 20.5 Å². The number of oxazole rings is 1. The number of para-hydroxylation sites is 1. The maximum absolute atomic E-state index is 5.96. The lowest BCUT2D eigenvalue weighted by atomic mass is 10.2. The van der Waals surface area contributed by atoms with Crippen molar-refractivity contribution in [1.82, 2.24) is 15.2 Å². The third-order valence-electron chi connectivity index (χ3n) is 3.33. The lowest BCUT2D eigenvalue weighted by molar-refractivity contribution is 0.594. The highest BCUT2D eigenvalue weighted by Gasteiger charge is 2.18. The van der Waals surface area contributed by atoms with Crippen LogP contribution in [-0.2, 0) is 0 Å². The summed E-state index contributed by atoms with van der Waals surface area (Å²) in [5.74, 6) is 0.701. The van der Waals surface area contributed by atoms with E-state index in [1.165, 1.54) is 11.3 Å². The van der Waals surface area contributed by atoms with Crippen molar-refractivity contribution in [3.63, 3.8) is 0 Å². The zero-order chi connectivity index (χ0) is 16.4. The lowest BCUT2D eigenvalue weighted by Gasteiger charge is -1.99. The predicted molar refractivity (Wildman–Crippen MR) is 95.0 cm³/mol. The standard InChI is InChI=1S/C17H13N5OS/c18-14-13(20-15(23-14)11-7-3-1-4-8-11)16-21-22-17(24-16)19-12-9-5-2-6-10-12/h1-10H,18H2,(H,19,22). The molecule has 4 rings (SSSR count). The first kappa shape index (κ1) is 14.4. The maximum Gasteiger partial charge on any atom is 0.229 e. The summed E-state index contributed by atoms with van der Waals surface area (Å²) in [5.41, 5.74) is 8.28. The van der Waals surface area contributed by atoms with Gasteiger partial charge in [0.15, 0.2) is 10.7 Å². The van der Waals surface area contributed by atoms with Crippen molar-refractivity contribution in [2.75, 3.05) is 11.1 Å². The van der Waals surface area contributed by atoms with E-state index < -0.39 is 0 Å². The molecule has 0 unspecified atom stereocenters. The molecule has 118 valence electrons. The summed E-state index contributed by atoms with van der Waals surface area (Å²) in [4.78, 5) is 4.46. The minimum absolute atomic E-state index is 0.233. The van der Waals surface area contributed by atoms with Crippen LogP contribution in [0.4, 0.5) is 16.7 Å². The van der Waals surface area contributed by atoms with E-state index in [4.69, 9.17) is 10.2 Å². The molecule has 2 aromatic carbocycles. The molecule has 6 nitrogen and oxygen atoms in total. The first-order valence-corrected chi connectivity index (χ1v) is 8.09. The molecule has 0 saturated heterocycles. The van der Waals surface area contributed by atoms with Crippen LogP contribution in [-0.4, -0.2) is 15.2 Å². The molecule has 0 aliphatic rings. The number of hydrogen-bond acceptors (Lipinski definition) is 7. The van der Waals surface area contributed by atoms with E-state index in [-0.39, 0.29) is 5.88 Å². The molecule has 0 spiro atoms. The van der Waals surface area contributed by atoms with Crippen LogP contribution in [0.15, 0.2) is 65.1 Å². The van der Waals surface area contributed by atoms with Gasteiger partial charge in [-0.3, -0.25) is 0 Å². The zero-order valence-electron chi connectivity index (χ0n) is 12.5. The molecule has 4 aromatic rings. The van der Waals surface area contributed by atoms with Gasteiger partial charge < -0.3 is 15.5 Å². The van der Waals surface area contributed by atoms with Crippen molar-refractivity contribution >= 4 is 28.0 Å². The van der Waals surface area contributed by atoms with Crippen molar-refractivity contribution in [3.05, 3.63) is 60.7 Å². The number of hydrogen-bond donors (Lipinski definition) is 2. The average molecular weight is 335 g/mol. The molecule has 0 bridgehead atoms. The Kier molecular flexibility index (Phi) is 3.68. The molecular weight excluding hydrogens is 322 g/mol. The lowest BCUT2D eigenvalue weighted by Crippen LogP contribution is -1.88. The van der Waals surface area contributed by atoms with Gasteiger partial charge >= 0.3 is 0 Å². The summed E-state index contributed by atoms with van der Waals surface area (Å²) in [6, 6.07) is 19.4. The summed E-state index contributed by atoms with van der Waals surface area (Å²) in [6.45, 7) is 0. The molecule has 0 radical (unpaired) electrons. The molecule has 7 heteroatoms. The monoisotopic (exact) mass is 335 g/mol. The molecule has 3 N–H and O–H groups in total. The second-order valence-corrected chi connectivity index (χ2v) is 5.98. The van der Waals surface area contributed by atoms with Gasteiger partial charge in [0.05, 0.1) is 0 Å². The Labute approximate surface area is 142 Å². The molecule has 0 fully saturated rings. The fourth-order valence-electron chi connectivity index (χ4n) is 2.20. The van der Waals surface area contributed by atoms with E-state index in [1.54, 1.807) is 0 Å². The number of rotatable bonds is 4. The van der Waals surface area contributed by atoms with E-state index in [9.17, 15) is 0 Å². The first-order chi connectivity index (χ1) is 11.8. The minimum Gasteiger partial charge on any atom is -0.420 e. The molecule has 24 heavy (non-hydrogen) atoms. The van der Waals surface area contributed by atoms with Crippen molar-refractivity contribution in [2.24, 2.45) is 0 Å². The number of anilines is 3. The van der Waals surface area contributed by atoms with E-state index in [0.29, 0.717) is 21.7 Å². The molecule has 0 aliphatic heterocycles.